The van der Waals surface area contributed by atoms with Gasteiger partial charge >= 0.3 is 0 Å². The lowest BCUT2D eigenvalue weighted by Crippen LogP contribution is -2.34. The maximum Gasteiger partial charge on any atom is 0.257 e. The highest BCUT2D eigenvalue weighted by atomic mass is 32.1. The summed E-state index contributed by atoms with van der Waals surface area (Å²) < 4.78 is 5.76. The molecule has 0 bridgehead atoms. The number of carbonyl (C=O) groups excluding carboxylic acids is 2. The molecule has 2 rings (SSSR count). The molecule has 0 spiro atoms. The number of thiocarbonyl (C=S) groups is 1. The lowest BCUT2D eigenvalue weighted by molar-refractivity contribution is -0.116. The van der Waals surface area contributed by atoms with E-state index >= 15 is 0 Å². The molecule has 3 N–H and O–H groups in total. The average molecular weight is 428 g/mol. The fraction of sp³-hybridized carbons (Fsp3) is 0.348. The second kappa shape index (κ2) is 11.9. The first-order valence-electron chi connectivity index (χ1n) is 10.2. The van der Waals surface area contributed by atoms with Gasteiger partial charge in [-0.15, -0.1) is 0 Å². The molecule has 6 nitrogen and oxygen atoms in total. The van der Waals surface area contributed by atoms with E-state index in [1.54, 1.807) is 42.5 Å². The fourth-order valence-corrected chi connectivity index (χ4v) is 2.81. The van der Waals surface area contributed by atoms with Crippen molar-refractivity contribution in [3.63, 3.8) is 0 Å². The van der Waals surface area contributed by atoms with Crippen molar-refractivity contribution in [2.24, 2.45) is 0 Å². The summed E-state index contributed by atoms with van der Waals surface area (Å²) in [6.45, 7) is 6.06. The van der Waals surface area contributed by atoms with Gasteiger partial charge in [0.25, 0.3) is 5.91 Å². The number of anilines is 2. The minimum Gasteiger partial charge on any atom is -0.491 e. The fourth-order valence-electron chi connectivity index (χ4n) is 2.60. The summed E-state index contributed by atoms with van der Waals surface area (Å²) in [6, 6.07) is 14.2. The van der Waals surface area contributed by atoms with Gasteiger partial charge in [0.1, 0.15) is 5.75 Å². The molecule has 2 amide bonds. The van der Waals surface area contributed by atoms with E-state index in [0.717, 1.165) is 19.3 Å². The van der Waals surface area contributed by atoms with Crippen molar-refractivity contribution in [3.8, 4) is 5.75 Å². The Balaban J connectivity index is 1.94. The standard InChI is InChI=1S/C23H29N3O3S/c1-4-6-13-21(27)24-18-10-8-11-19(15-18)25-23(30)26-22(28)17-9-7-12-20(14-17)29-16(3)5-2/h7-12,14-16H,4-6,13H2,1-3H3,(H,24,27)(H2,25,26,28,30)/t16-/m0/s1. The van der Waals surface area contributed by atoms with Crippen molar-refractivity contribution in [1.29, 1.82) is 0 Å². The molecule has 0 fully saturated rings. The maximum atomic E-state index is 12.5. The monoisotopic (exact) mass is 427 g/mol. The number of rotatable bonds is 9. The minimum absolute atomic E-state index is 0.0237. The topological polar surface area (TPSA) is 79.5 Å². The predicted molar refractivity (Wildman–Crippen MR) is 125 cm³/mol. The third-order valence-electron chi connectivity index (χ3n) is 4.40. The van der Waals surface area contributed by atoms with Gasteiger partial charge in [-0.2, -0.15) is 0 Å². The zero-order valence-electron chi connectivity index (χ0n) is 17.7. The van der Waals surface area contributed by atoms with Gasteiger partial charge in [0.15, 0.2) is 5.11 Å². The van der Waals surface area contributed by atoms with E-state index in [-0.39, 0.29) is 23.0 Å². The van der Waals surface area contributed by atoms with Crippen LogP contribution in [0.25, 0.3) is 0 Å². The highest BCUT2D eigenvalue weighted by Gasteiger charge is 2.11. The molecule has 0 heterocycles. The molecule has 0 aliphatic rings. The van der Waals surface area contributed by atoms with Gasteiger partial charge in [-0.05, 0) is 68.4 Å². The summed E-state index contributed by atoms with van der Waals surface area (Å²) in [7, 11) is 0. The predicted octanol–water partition coefficient (Wildman–Crippen LogP) is 5.12. The second-order valence-electron chi connectivity index (χ2n) is 7.01. The number of hydrogen-bond donors (Lipinski definition) is 3. The van der Waals surface area contributed by atoms with E-state index in [2.05, 4.69) is 16.0 Å². The molecule has 7 heteroatoms. The van der Waals surface area contributed by atoms with Gasteiger partial charge in [-0.1, -0.05) is 32.4 Å². The number of amides is 2. The minimum atomic E-state index is -0.328. The van der Waals surface area contributed by atoms with Crippen LogP contribution >= 0.6 is 12.2 Å². The summed E-state index contributed by atoms with van der Waals surface area (Å²) in [4.78, 5) is 24.4. The van der Waals surface area contributed by atoms with Crippen LogP contribution in [0.5, 0.6) is 5.75 Å². The Bertz CT molecular complexity index is 886. The third kappa shape index (κ3) is 7.83. The van der Waals surface area contributed by atoms with Crippen LogP contribution in [0.15, 0.2) is 48.5 Å². The zero-order valence-corrected chi connectivity index (χ0v) is 18.5. The number of benzene rings is 2. The van der Waals surface area contributed by atoms with Crippen LogP contribution in [-0.2, 0) is 4.79 Å². The smallest absolute Gasteiger partial charge is 0.257 e. The Morgan fingerprint density at radius 1 is 1.03 bits per heavy atom. The highest BCUT2D eigenvalue weighted by Crippen LogP contribution is 2.17. The van der Waals surface area contributed by atoms with Crippen LogP contribution in [0.4, 0.5) is 11.4 Å². The van der Waals surface area contributed by atoms with Crippen molar-refractivity contribution in [2.45, 2.75) is 52.6 Å². The van der Waals surface area contributed by atoms with Gasteiger partial charge in [0, 0.05) is 23.4 Å². The first kappa shape index (κ1) is 23.3. The van der Waals surface area contributed by atoms with Crippen LogP contribution in [0.3, 0.4) is 0 Å². The quantitative estimate of drug-likeness (QED) is 0.484. The lowest BCUT2D eigenvalue weighted by atomic mass is 10.2. The first-order chi connectivity index (χ1) is 14.4. The summed E-state index contributed by atoms with van der Waals surface area (Å²) in [6.07, 6.45) is 3.25. The van der Waals surface area contributed by atoms with Gasteiger partial charge in [-0.3, -0.25) is 14.9 Å². The molecular weight excluding hydrogens is 398 g/mol. The van der Waals surface area contributed by atoms with E-state index in [1.165, 1.54) is 0 Å². The van der Waals surface area contributed by atoms with Crippen LogP contribution in [0, 0.1) is 0 Å². The Kier molecular flexibility index (Phi) is 9.28. The van der Waals surface area contributed by atoms with Crippen molar-refractivity contribution in [1.82, 2.24) is 5.32 Å². The van der Waals surface area contributed by atoms with E-state index in [0.29, 0.717) is 29.1 Å². The van der Waals surface area contributed by atoms with Crippen molar-refractivity contribution in [3.05, 3.63) is 54.1 Å². The number of unbranched alkanes of at least 4 members (excludes halogenated alkanes) is 1. The number of ether oxygens (including phenoxy) is 1. The average Bonchev–Trinajstić information content (AvgIpc) is 2.72. The Morgan fingerprint density at radius 2 is 1.73 bits per heavy atom. The molecule has 0 aliphatic carbocycles. The van der Waals surface area contributed by atoms with Crippen molar-refractivity contribution >= 4 is 40.5 Å². The van der Waals surface area contributed by atoms with Crippen LogP contribution < -0.4 is 20.7 Å². The largest absolute Gasteiger partial charge is 0.491 e. The Labute approximate surface area is 183 Å². The number of nitrogens with one attached hydrogen (secondary N) is 3. The summed E-state index contributed by atoms with van der Waals surface area (Å²) in [5.41, 5.74) is 1.80. The van der Waals surface area contributed by atoms with E-state index in [1.807, 2.05) is 26.8 Å². The molecule has 30 heavy (non-hydrogen) atoms. The van der Waals surface area contributed by atoms with E-state index in [9.17, 15) is 9.59 Å². The molecule has 0 aromatic heterocycles. The normalized spacial score (nSPS) is 11.3. The number of carbonyl (C=O) groups is 2. The molecule has 0 saturated heterocycles. The summed E-state index contributed by atoms with van der Waals surface area (Å²) in [5, 5.41) is 8.67. The summed E-state index contributed by atoms with van der Waals surface area (Å²) in [5.74, 6) is 0.290. The molecule has 0 radical (unpaired) electrons. The SMILES string of the molecule is CCCCC(=O)Nc1cccc(NC(=S)NC(=O)c2cccc(O[C@@H](C)CC)c2)c1. The van der Waals surface area contributed by atoms with Crippen LogP contribution in [0.2, 0.25) is 0 Å². The Morgan fingerprint density at radius 3 is 2.43 bits per heavy atom. The molecule has 2 aromatic carbocycles. The molecule has 0 saturated carbocycles. The van der Waals surface area contributed by atoms with Crippen LogP contribution in [0.1, 0.15) is 56.8 Å². The maximum absolute atomic E-state index is 12.5. The van der Waals surface area contributed by atoms with Gasteiger partial charge in [0.2, 0.25) is 5.91 Å². The molecule has 2 aromatic rings. The third-order valence-corrected chi connectivity index (χ3v) is 4.60. The molecule has 160 valence electrons. The molecular formula is C23H29N3O3S. The lowest BCUT2D eigenvalue weighted by Gasteiger charge is -2.14. The zero-order chi connectivity index (χ0) is 21.9. The highest BCUT2D eigenvalue weighted by molar-refractivity contribution is 7.80. The molecule has 1 atom stereocenters. The summed E-state index contributed by atoms with van der Waals surface area (Å²) >= 11 is 5.26. The number of hydrogen-bond acceptors (Lipinski definition) is 4. The van der Waals surface area contributed by atoms with Gasteiger partial charge in [0.05, 0.1) is 6.10 Å². The second-order valence-corrected chi connectivity index (χ2v) is 7.41. The van der Waals surface area contributed by atoms with Crippen molar-refractivity contribution in [2.75, 3.05) is 10.6 Å². The molecule has 0 aliphatic heterocycles. The Hall–Kier alpha value is -2.93. The van der Waals surface area contributed by atoms with E-state index < -0.39 is 0 Å². The van der Waals surface area contributed by atoms with Gasteiger partial charge in [-0.25, -0.2) is 0 Å². The van der Waals surface area contributed by atoms with E-state index in [4.69, 9.17) is 17.0 Å². The van der Waals surface area contributed by atoms with Gasteiger partial charge < -0.3 is 15.4 Å². The molecule has 0 unspecified atom stereocenters. The van der Waals surface area contributed by atoms with Crippen LogP contribution in [-0.4, -0.2) is 23.0 Å². The first-order valence-corrected chi connectivity index (χ1v) is 10.6. The van der Waals surface area contributed by atoms with Crippen molar-refractivity contribution < 1.29 is 14.3 Å².